The number of phenols is 3. The van der Waals surface area contributed by atoms with E-state index in [1.165, 1.54) is 43.8 Å². The van der Waals surface area contributed by atoms with Crippen molar-refractivity contribution in [1.82, 2.24) is 15.0 Å². The van der Waals surface area contributed by atoms with Crippen molar-refractivity contribution in [3.8, 4) is 127 Å². The maximum atomic E-state index is 10.6. The van der Waals surface area contributed by atoms with Crippen molar-refractivity contribution in [3.05, 3.63) is 428 Å². The molecule has 0 saturated carbocycles. The summed E-state index contributed by atoms with van der Waals surface area (Å²) in [5.74, 6) is 0.634. The molecule has 21 aromatic rings. The molecule has 0 aliphatic carbocycles. The fourth-order valence-electron chi connectivity index (χ4n) is 16.7. The number of aromatic nitrogens is 3. The Bertz CT molecular complexity index is 8040. The summed E-state index contributed by atoms with van der Waals surface area (Å²) in [5, 5.41) is 39.3. The number of rotatable bonds is 16. The standard InChI is InChI=1S/C42H33N2OS.2C40H31N2OS.3Pt/c1-42(2,3)34-21-22-38(45)33(24-34)27-43-37-20-11-10-19-35(37)41-44-40-36(29-15-8-5-9-16-29)25-32(26-39(40)46-41)31-18-12-17-30(23-31)28-13-6-4-7-14-28;1-40(2,3)30-20-21-36(43)29(22-30)25-41-35-19-10-9-17-33(35)39-42-38-34(27-12-5-4-6-13-27)23-28(24-37(38)44-39)32-18-11-15-26-14-7-8-16-31(26)32;1-40(2,3)32-19-20-36(43)31(22-32)25-41-35-16-10-9-15-33(35)39-42-38-34(27-12-5-4-6-13-27)23-30(24-37(38)44-39)29-18-17-26-11-7-8-14-28(26)21-29;;;/h4-15,17-27,45H,1-3H3;2*4-12,14-25,43H,1-3H3;;;/q3*-1;;;. The van der Waals surface area contributed by atoms with E-state index in [2.05, 4.69) is 287 Å². The minimum atomic E-state index is -0.0369. The Labute approximate surface area is 855 Å². The number of nitrogens with zero attached hydrogens (tertiary/aromatic N) is 6. The van der Waals surface area contributed by atoms with E-state index in [-0.39, 0.29) is 96.7 Å². The van der Waals surface area contributed by atoms with Gasteiger partial charge in [0.15, 0.2) is 0 Å². The van der Waals surface area contributed by atoms with Crippen LogP contribution in [0.2, 0.25) is 0 Å². The number of aromatic hydroxyl groups is 3. The van der Waals surface area contributed by atoms with Crippen LogP contribution in [0, 0.1) is 18.2 Å². The van der Waals surface area contributed by atoms with Crippen molar-refractivity contribution in [2.45, 2.75) is 78.6 Å². The molecule has 3 N–H and O–H groups in total. The van der Waals surface area contributed by atoms with Crippen molar-refractivity contribution in [2.75, 3.05) is 0 Å². The fourth-order valence-corrected chi connectivity index (χ4v) is 19.9. The summed E-state index contributed by atoms with van der Waals surface area (Å²) in [6, 6.07) is 139. The summed E-state index contributed by atoms with van der Waals surface area (Å²) in [6.07, 6.45) is 5.25. The molecule has 15 heteroatoms. The summed E-state index contributed by atoms with van der Waals surface area (Å²) in [7, 11) is 0. The zero-order valence-electron chi connectivity index (χ0n) is 76.7. The van der Waals surface area contributed by atoms with E-state index in [1.54, 1.807) is 70.9 Å². The number of fused-ring (bicyclic) bond motifs is 5. The quantitative estimate of drug-likeness (QED) is 0.0651. The largest absolute Gasteiger partial charge is 0.507 e. The number of hydrogen-bond donors (Lipinski definition) is 3. The van der Waals surface area contributed by atoms with Gasteiger partial charge in [0.25, 0.3) is 0 Å². The molecule has 0 spiro atoms. The average molecular weight is 2370 g/mol. The molecule has 0 saturated heterocycles. The molecule has 0 aliphatic rings. The third-order valence-electron chi connectivity index (χ3n) is 24.1. The van der Waals surface area contributed by atoms with Gasteiger partial charge >= 0.3 is 0 Å². The first-order valence-electron chi connectivity index (χ1n) is 44.8. The van der Waals surface area contributed by atoms with Crippen LogP contribution >= 0.6 is 34.0 Å². The van der Waals surface area contributed by atoms with Gasteiger partial charge in [-0.15, -0.1) is 142 Å². The van der Waals surface area contributed by atoms with E-state index >= 15 is 0 Å². The molecular weight excluding hydrogens is 2280 g/mol. The van der Waals surface area contributed by atoms with Gasteiger partial charge in [0.05, 0.1) is 17.1 Å². The maximum Gasteiger partial charge on any atom is 0.125 e. The van der Waals surface area contributed by atoms with Crippen molar-refractivity contribution in [2.24, 2.45) is 15.0 Å². The summed E-state index contributed by atoms with van der Waals surface area (Å²) in [4.78, 5) is 30.2. The van der Waals surface area contributed by atoms with Crippen LogP contribution in [0.3, 0.4) is 0 Å². The second-order valence-corrected chi connectivity index (χ2v) is 39.5. The Hall–Kier alpha value is -13.4. The molecule has 682 valence electrons. The zero-order chi connectivity index (χ0) is 92.2. The third-order valence-corrected chi connectivity index (χ3v) is 27.2. The Morgan fingerprint density at radius 2 is 0.584 bits per heavy atom. The number of para-hydroxylation sites is 3. The molecule has 0 amide bonds. The Morgan fingerprint density at radius 3 is 1.00 bits per heavy atom. The summed E-state index contributed by atoms with van der Waals surface area (Å²) >= 11 is 5.00. The number of hydrogen-bond acceptors (Lipinski definition) is 12. The molecule has 3 heterocycles. The molecule has 0 aliphatic heterocycles. The Balaban J connectivity index is 0.000000147. The molecule has 9 nitrogen and oxygen atoms in total. The first kappa shape index (κ1) is 96.7. The van der Waals surface area contributed by atoms with E-state index in [0.717, 1.165) is 152 Å². The van der Waals surface area contributed by atoms with Crippen LogP contribution < -0.4 is 0 Å². The van der Waals surface area contributed by atoms with Crippen LogP contribution in [0.1, 0.15) is 95.7 Å². The normalized spacial score (nSPS) is 11.7. The second-order valence-electron chi connectivity index (χ2n) is 36.4. The van der Waals surface area contributed by atoms with Crippen LogP contribution in [-0.2, 0) is 79.4 Å². The topological polar surface area (TPSA) is 136 Å². The Kier molecular flexibility index (Phi) is 29.7. The number of phenolic OH excluding ortho intramolecular Hbond substituents is 3. The molecule has 0 atom stereocenters. The number of thiazole rings is 3. The minimum absolute atomic E-state index is 0. The third kappa shape index (κ3) is 21.7. The van der Waals surface area contributed by atoms with Gasteiger partial charge in [-0.25, -0.2) is 15.0 Å². The molecular formula is C122H95N6O3Pt3S3-3. The monoisotopic (exact) mass is 2370 g/mol. The molecule has 21 rings (SSSR count). The molecule has 18 aromatic carbocycles. The van der Waals surface area contributed by atoms with Gasteiger partial charge in [-0.2, -0.15) is 0 Å². The van der Waals surface area contributed by atoms with Gasteiger partial charge in [0.1, 0.15) is 32.3 Å². The van der Waals surface area contributed by atoms with E-state index in [9.17, 15) is 15.3 Å². The predicted molar refractivity (Wildman–Crippen MR) is 567 cm³/mol. The van der Waals surface area contributed by atoms with Gasteiger partial charge < -0.3 is 15.3 Å². The van der Waals surface area contributed by atoms with Crippen molar-refractivity contribution in [1.29, 1.82) is 0 Å². The van der Waals surface area contributed by atoms with Crippen LogP contribution in [0.4, 0.5) is 17.1 Å². The van der Waals surface area contributed by atoms with Crippen LogP contribution in [0.5, 0.6) is 17.2 Å². The van der Waals surface area contributed by atoms with E-state index in [4.69, 9.17) is 29.9 Å². The maximum absolute atomic E-state index is 10.6. The summed E-state index contributed by atoms with van der Waals surface area (Å²) in [6.45, 7) is 19.5. The van der Waals surface area contributed by atoms with E-state index < -0.39 is 0 Å². The molecule has 0 bridgehead atoms. The minimum Gasteiger partial charge on any atom is -0.507 e. The summed E-state index contributed by atoms with van der Waals surface area (Å²) in [5.41, 5.74) is 29.0. The van der Waals surface area contributed by atoms with Gasteiger partial charge in [0, 0.05) is 146 Å². The SMILES string of the molecule is CC(C)(C)c1ccc(O)c(C=Nc2ccccc2-c2nc3c(-c4[c-]cccc4)cc(-c4ccc5ccccc5c4)cc3s2)c1.CC(C)(C)c1ccc(O)c(C=Nc2ccccc2-c2nc3c(-c4[c-]cccc4)cc(-c4cccc(-c5ccccc5)c4)cc3s2)c1.CC(C)(C)c1ccc(O)c(C=Nc2ccccc2-c2nc3c(-c4[c-]cccc4)cc(-c4cccc5ccccc45)cc3s2)c1.[Pt].[Pt].[Pt]. The van der Waals surface area contributed by atoms with Crippen LogP contribution in [0.25, 0.3) is 162 Å². The number of benzene rings is 18. The zero-order valence-corrected chi connectivity index (χ0v) is 86.0. The fraction of sp³-hybridized carbons (Fsp3) is 0.0984. The van der Waals surface area contributed by atoms with Crippen LogP contribution in [-0.4, -0.2) is 48.9 Å². The van der Waals surface area contributed by atoms with Crippen molar-refractivity contribution in [3.63, 3.8) is 0 Å². The first-order valence-corrected chi connectivity index (χ1v) is 47.3. The first-order chi connectivity index (χ1) is 65.0. The summed E-state index contributed by atoms with van der Waals surface area (Å²) < 4.78 is 3.30. The number of aliphatic imine (C=N–C) groups is 3. The average Bonchev–Trinajstić information content (AvgIpc) is 1.43. The van der Waals surface area contributed by atoms with Gasteiger partial charge in [-0.1, -0.05) is 279 Å². The molecule has 0 radical (unpaired) electrons. The molecule has 0 fully saturated rings. The molecule has 0 unspecified atom stereocenters. The second kappa shape index (κ2) is 42.1. The van der Waals surface area contributed by atoms with Crippen molar-refractivity contribution < 1.29 is 78.5 Å². The molecule has 137 heavy (non-hydrogen) atoms. The molecule has 3 aromatic heterocycles. The smallest absolute Gasteiger partial charge is 0.125 e. The van der Waals surface area contributed by atoms with Gasteiger partial charge in [-0.05, 0) is 202 Å². The van der Waals surface area contributed by atoms with E-state index in [0.29, 0.717) is 16.7 Å². The Morgan fingerprint density at radius 1 is 0.255 bits per heavy atom. The van der Waals surface area contributed by atoms with Gasteiger partial charge in [0.2, 0.25) is 0 Å². The van der Waals surface area contributed by atoms with E-state index in [1.807, 2.05) is 152 Å². The predicted octanol–water partition coefficient (Wildman–Crippen LogP) is 33.5. The van der Waals surface area contributed by atoms with Crippen LogP contribution in [0.15, 0.2) is 391 Å². The van der Waals surface area contributed by atoms with Crippen molar-refractivity contribution >= 4 is 122 Å². The van der Waals surface area contributed by atoms with Gasteiger partial charge in [-0.3, -0.25) is 15.0 Å².